The Morgan fingerprint density at radius 3 is 2.68 bits per heavy atom. The predicted molar refractivity (Wildman–Crippen MR) is 89.0 cm³/mol. The van der Waals surface area contributed by atoms with Gasteiger partial charge >= 0.3 is 0 Å². The maximum Gasteiger partial charge on any atom is 0.266 e. The van der Waals surface area contributed by atoms with Crippen molar-refractivity contribution >= 4 is 5.91 Å². The number of amides is 1. The molecule has 0 aliphatic carbocycles. The molecule has 128 valence electrons. The van der Waals surface area contributed by atoms with Crippen LogP contribution >= 0.6 is 0 Å². The Kier molecular flexibility index (Phi) is 5.46. The van der Waals surface area contributed by atoms with E-state index in [1.165, 1.54) is 12.1 Å². The first-order valence-corrected chi connectivity index (χ1v) is 7.95. The third kappa shape index (κ3) is 4.94. The molecule has 2 aromatic heterocycles. The van der Waals surface area contributed by atoms with E-state index in [1.54, 1.807) is 30.5 Å². The minimum absolute atomic E-state index is 0.0975. The van der Waals surface area contributed by atoms with E-state index in [-0.39, 0.29) is 18.1 Å². The van der Waals surface area contributed by atoms with Crippen molar-refractivity contribution in [2.45, 2.75) is 19.3 Å². The Morgan fingerprint density at radius 1 is 1.08 bits per heavy atom. The van der Waals surface area contributed by atoms with Crippen molar-refractivity contribution in [2.75, 3.05) is 6.54 Å². The molecule has 3 rings (SSSR count). The minimum Gasteiger partial charge on any atom is -0.419 e. The number of aromatic nitrogens is 3. The number of benzene rings is 1. The summed E-state index contributed by atoms with van der Waals surface area (Å²) in [5, 5.41) is 10.7. The Labute approximate surface area is 144 Å². The highest BCUT2D eigenvalue weighted by atomic mass is 19.1. The van der Waals surface area contributed by atoms with E-state index in [9.17, 15) is 9.18 Å². The quantitative estimate of drug-likeness (QED) is 0.715. The molecule has 0 saturated heterocycles. The van der Waals surface area contributed by atoms with Gasteiger partial charge in [-0.05, 0) is 36.2 Å². The lowest BCUT2D eigenvalue weighted by atomic mass is 10.1. The van der Waals surface area contributed by atoms with E-state index < -0.39 is 0 Å². The van der Waals surface area contributed by atoms with Gasteiger partial charge in [-0.3, -0.25) is 9.78 Å². The number of hydrogen-bond donors (Lipinski definition) is 1. The first-order chi connectivity index (χ1) is 12.2. The second-order valence-corrected chi connectivity index (χ2v) is 5.44. The molecule has 0 saturated carbocycles. The van der Waals surface area contributed by atoms with Crippen molar-refractivity contribution in [1.82, 2.24) is 20.5 Å². The zero-order valence-corrected chi connectivity index (χ0v) is 13.5. The summed E-state index contributed by atoms with van der Waals surface area (Å²) in [5.74, 6) is 0.374. The lowest BCUT2D eigenvalue weighted by Crippen LogP contribution is -2.25. The van der Waals surface area contributed by atoms with Crippen LogP contribution in [0.25, 0.3) is 11.6 Å². The van der Waals surface area contributed by atoms with E-state index >= 15 is 0 Å². The SMILES string of the molecule is O=C(CCc1nnc(-c2ccccn2)o1)NCCc1ccc(F)cc1. The lowest BCUT2D eigenvalue weighted by molar-refractivity contribution is -0.121. The van der Waals surface area contributed by atoms with Gasteiger partial charge in [-0.1, -0.05) is 18.2 Å². The normalized spacial score (nSPS) is 10.6. The number of pyridine rings is 1. The van der Waals surface area contributed by atoms with Gasteiger partial charge in [-0.2, -0.15) is 0 Å². The average molecular weight is 340 g/mol. The third-order valence-corrected chi connectivity index (χ3v) is 3.57. The third-order valence-electron chi connectivity index (χ3n) is 3.57. The van der Waals surface area contributed by atoms with Crippen molar-refractivity contribution in [1.29, 1.82) is 0 Å². The molecule has 0 spiro atoms. The largest absolute Gasteiger partial charge is 0.419 e. The molecule has 1 aromatic carbocycles. The highest BCUT2D eigenvalue weighted by molar-refractivity contribution is 5.76. The summed E-state index contributed by atoms with van der Waals surface area (Å²) < 4.78 is 18.3. The van der Waals surface area contributed by atoms with Crippen molar-refractivity contribution < 1.29 is 13.6 Å². The first-order valence-electron chi connectivity index (χ1n) is 7.95. The molecule has 0 unspecified atom stereocenters. The molecule has 1 N–H and O–H groups in total. The van der Waals surface area contributed by atoms with Crippen molar-refractivity contribution in [3.05, 3.63) is 65.9 Å². The second kappa shape index (κ2) is 8.14. The van der Waals surface area contributed by atoms with Gasteiger partial charge in [0.25, 0.3) is 5.89 Å². The average Bonchev–Trinajstić information content (AvgIpc) is 3.11. The van der Waals surface area contributed by atoms with Gasteiger partial charge < -0.3 is 9.73 Å². The van der Waals surface area contributed by atoms with Crippen molar-refractivity contribution in [3.8, 4) is 11.6 Å². The molecule has 7 heteroatoms. The van der Waals surface area contributed by atoms with Crippen LogP contribution in [0.15, 0.2) is 53.1 Å². The van der Waals surface area contributed by atoms with Gasteiger partial charge in [0, 0.05) is 25.6 Å². The zero-order chi connectivity index (χ0) is 17.5. The molecule has 3 aromatic rings. The fourth-order valence-corrected chi connectivity index (χ4v) is 2.25. The molecular weight excluding hydrogens is 323 g/mol. The first kappa shape index (κ1) is 16.8. The zero-order valence-electron chi connectivity index (χ0n) is 13.5. The van der Waals surface area contributed by atoms with E-state index in [0.29, 0.717) is 36.9 Å². The maximum atomic E-state index is 12.8. The van der Waals surface area contributed by atoms with Crippen LogP contribution in [-0.2, 0) is 17.6 Å². The monoisotopic (exact) mass is 340 g/mol. The lowest BCUT2D eigenvalue weighted by Gasteiger charge is -2.04. The number of hydrogen-bond acceptors (Lipinski definition) is 5. The van der Waals surface area contributed by atoms with Gasteiger partial charge in [0.2, 0.25) is 11.8 Å². The summed E-state index contributed by atoms with van der Waals surface area (Å²) in [6.07, 6.45) is 2.92. The van der Waals surface area contributed by atoms with Gasteiger partial charge in [0.1, 0.15) is 11.5 Å². The summed E-state index contributed by atoms with van der Waals surface area (Å²) in [7, 11) is 0. The molecule has 0 aliphatic heterocycles. The molecule has 0 aliphatic rings. The molecule has 0 radical (unpaired) electrons. The Hall–Kier alpha value is -3.09. The highest BCUT2D eigenvalue weighted by Crippen LogP contribution is 2.14. The van der Waals surface area contributed by atoms with Gasteiger partial charge in [0.05, 0.1) is 0 Å². The smallest absolute Gasteiger partial charge is 0.266 e. The van der Waals surface area contributed by atoms with Crippen LogP contribution in [-0.4, -0.2) is 27.6 Å². The van der Waals surface area contributed by atoms with E-state index in [0.717, 1.165) is 5.56 Å². The van der Waals surface area contributed by atoms with E-state index in [4.69, 9.17) is 4.42 Å². The van der Waals surface area contributed by atoms with Crippen LogP contribution in [0, 0.1) is 5.82 Å². The topological polar surface area (TPSA) is 80.9 Å². The summed E-state index contributed by atoms with van der Waals surface area (Å²) in [5.41, 5.74) is 1.57. The molecule has 25 heavy (non-hydrogen) atoms. The fourth-order valence-electron chi connectivity index (χ4n) is 2.25. The minimum atomic E-state index is -0.266. The van der Waals surface area contributed by atoms with Gasteiger partial charge in [0.15, 0.2) is 0 Å². The number of halogens is 1. The summed E-state index contributed by atoms with van der Waals surface area (Å²) in [4.78, 5) is 16.0. The molecule has 2 heterocycles. The molecular formula is C18H17FN4O2. The van der Waals surface area contributed by atoms with Crippen LogP contribution in [0.2, 0.25) is 0 Å². The number of nitrogens with zero attached hydrogens (tertiary/aromatic N) is 3. The number of carbonyl (C=O) groups is 1. The number of carbonyl (C=O) groups excluding carboxylic acids is 1. The van der Waals surface area contributed by atoms with Crippen LogP contribution in [0.3, 0.4) is 0 Å². The highest BCUT2D eigenvalue weighted by Gasteiger charge is 2.11. The molecule has 6 nitrogen and oxygen atoms in total. The van der Waals surface area contributed by atoms with Crippen molar-refractivity contribution in [3.63, 3.8) is 0 Å². The maximum absolute atomic E-state index is 12.8. The number of aryl methyl sites for hydroxylation is 1. The molecule has 0 atom stereocenters. The van der Waals surface area contributed by atoms with Crippen molar-refractivity contribution in [2.24, 2.45) is 0 Å². The summed E-state index contributed by atoms with van der Waals surface area (Å²) >= 11 is 0. The molecule has 0 bridgehead atoms. The van der Waals surface area contributed by atoms with E-state index in [2.05, 4.69) is 20.5 Å². The standard InChI is InChI=1S/C18H17FN4O2/c19-14-6-4-13(5-7-14)10-12-21-16(24)8-9-17-22-23-18(25-17)15-3-1-2-11-20-15/h1-7,11H,8-10,12H2,(H,21,24). The predicted octanol–water partition coefficient (Wildman–Crippen LogP) is 2.56. The van der Waals surface area contributed by atoms with Crippen LogP contribution in [0.1, 0.15) is 17.9 Å². The summed E-state index contributed by atoms with van der Waals surface area (Å²) in [6.45, 7) is 0.494. The Morgan fingerprint density at radius 2 is 1.92 bits per heavy atom. The molecule has 0 fully saturated rings. The van der Waals surface area contributed by atoms with E-state index in [1.807, 2.05) is 6.07 Å². The van der Waals surface area contributed by atoms with Gasteiger partial charge in [-0.25, -0.2) is 4.39 Å². The fraction of sp³-hybridized carbons (Fsp3) is 0.222. The van der Waals surface area contributed by atoms with Crippen LogP contribution in [0.4, 0.5) is 4.39 Å². The Bertz CT molecular complexity index is 819. The summed E-state index contributed by atoms with van der Waals surface area (Å²) in [6, 6.07) is 11.6. The van der Waals surface area contributed by atoms with Crippen LogP contribution < -0.4 is 5.32 Å². The number of rotatable bonds is 7. The van der Waals surface area contributed by atoms with Crippen LogP contribution in [0.5, 0.6) is 0 Å². The number of nitrogens with one attached hydrogen (secondary N) is 1. The molecule has 1 amide bonds. The Balaban J connectivity index is 1.42. The van der Waals surface area contributed by atoms with Gasteiger partial charge in [-0.15, -0.1) is 10.2 Å². The second-order valence-electron chi connectivity index (χ2n) is 5.44.